The maximum Gasteiger partial charge on any atom is 0.187 e. The fourth-order valence-electron chi connectivity index (χ4n) is 0. The van der Waals surface area contributed by atoms with Crippen molar-refractivity contribution in [1.82, 2.24) is 0 Å². The summed E-state index contributed by atoms with van der Waals surface area (Å²) < 4.78 is 0. The molecule has 0 unspecified atom stereocenters. The van der Waals surface area contributed by atoms with Crippen LogP contribution in [-0.4, -0.2) is 17.4 Å². The molecular weight excluding hydrogens is 152 g/mol. The Morgan fingerprint density at radius 2 is 0.600 bits per heavy atom. The van der Waals surface area contributed by atoms with Crippen LogP contribution in [0.5, 0.6) is 0 Å². The van der Waals surface area contributed by atoms with Gasteiger partial charge in [0.1, 0.15) is 0 Å². The van der Waals surface area contributed by atoms with Gasteiger partial charge in [-0.1, -0.05) is 0 Å². The predicted molar refractivity (Wildman–Crippen MR) is 34.2 cm³/mol. The third-order valence-electron chi connectivity index (χ3n) is 0. The van der Waals surface area contributed by atoms with Crippen molar-refractivity contribution in [2.75, 3.05) is 0 Å². The summed E-state index contributed by atoms with van der Waals surface area (Å²) in [6, 6.07) is 0. The molecule has 0 spiro atoms. The van der Waals surface area contributed by atoms with Crippen molar-refractivity contribution < 1.29 is 4.70 Å². The van der Waals surface area contributed by atoms with E-state index in [2.05, 4.69) is 0 Å². The van der Waals surface area contributed by atoms with E-state index in [1.54, 1.807) is 0 Å². The molecule has 0 radical (unpaired) electrons. The zero-order chi connectivity index (χ0) is 0. The van der Waals surface area contributed by atoms with E-state index in [-0.39, 0.29) is 59.3 Å². The molecule has 0 rings (SSSR count). The number of halogens is 4. The SMILES string of the molecule is Cl.Cl.Cl.F.[AlH3]. The quantitative estimate of drug-likeness (QED) is 0.444. The topological polar surface area (TPSA) is 0 Å². The molecule has 0 aliphatic heterocycles. The van der Waals surface area contributed by atoms with E-state index in [1.165, 1.54) is 0 Å². The second-order valence-corrected chi connectivity index (χ2v) is 0. The number of hydrogen-bond acceptors (Lipinski definition) is 0. The highest BCUT2D eigenvalue weighted by Crippen LogP contribution is 0.692. The highest BCUT2D eigenvalue weighted by atomic mass is 35.5. The largest absolute Gasteiger partial charge is 0.269 e. The minimum Gasteiger partial charge on any atom is -0.269 e. The van der Waals surface area contributed by atoms with Crippen LogP contribution >= 0.6 is 37.2 Å². The average molecular weight is 159 g/mol. The smallest absolute Gasteiger partial charge is 0.187 e. The maximum absolute atomic E-state index is 0. The van der Waals surface area contributed by atoms with Crippen molar-refractivity contribution in [1.29, 1.82) is 0 Å². The number of hydrogen-bond donors (Lipinski definition) is 0. The Balaban J connectivity index is 0. The van der Waals surface area contributed by atoms with Gasteiger partial charge in [0.25, 0.3) is 0 Å². The zero-order valence-corrected chi connectivity index (χ0v) is 4.08. The molecule has 0 aromatic carbocycles. The zero-order valence-electron chi connectivity index (χ0n) is 1.63. The first kappa shape index (κ1) is 101. The van der Waals surface area contributed by atoms with Crippen LogP contribution in [0.4, 0.5) is 4.70 Å². The normalized spacial score (nSPS) is 0. The van der Waals surface area contributed by atoms with E-state index in [0.717, 1.165) is 0 Å². The molecule has 0 N–H and O–H groups in total. The van der Waals surface area contributed by atoms with Crippen molar-refractivity contribution in [3.63, 3.8) is 0 Å². The molecule has 0 aromatic heterocycles. The first-order valence-electron chi connectivity index (χ1n) is 0. The Labute approximate surface area is 59.4 Å². The molecular formula is H7AlCl3F. The van der Waals surface area contributed by atoms with Gasteiger partial charge in [-0.3, -0.25) is 4.70 Å². The fraction of sp³-hybridized carbons (Fsp3) is 0. The van der Waals surface area contributed by atoms with Gasteiger partial charge in [-0.05, 0) is 0 Å². The molecule has 0 saturated carbocycles. The van der Waals surface area contributed by atoms with E-state index in [0.29, 0.717) is 0 Å². The minimum absolute atomic E-state index is 0. The summed E-state index contributed by atoms with van der Waals surface area (Å²) in [7, 11) is 0. The predicted octanol–water partition coefficient (Wildman–Crippen LogP) is 0.234. The van der Waals surface area contributed by atoms with E-state index >= 15 is 0 Å². The van der Waals surface area contributed by atoms with Gasteiger partial charge >= 0.3 is 0 Å². The van der Waals surface area contributed by atoms with E-state index in [1.807, 2.05) is 0 Å². The summed E-state index contributed by atoms with van der Waals surface area (Å²) in [4.78, 5) is 0. The molecule has 0 atom stereocenters. The molecule has 0 aliphatic rings. The Morgan fingerprint density at radius 3 is 0.600 bits per heavy atom. The Hall–Kier alpha value is 1.33. The lowest BCUT2D eigenvalue weighted by Crippen LogP contribution is -0.381. The molecule has 0 bridgehead atoms. The molecule has 0 fully saturated rings. The lowest BCUT2D eigenvalue weighted by Gasteiger charge is -0.269. The van der Waals surface area contributed by atoms with Crippen LogP contribution in [0.25, 0.3) is 0 Å². The van der Waals surface area contributed by atoms with Crippen LogP contribution < -0.4 is 0 Å². The second-order valence-electron chi connectivity index (χ2n) is 0. The standard InChI is InChI=1S/Al.3ClH.FH.3H/h;4*1H;;;. The summed E-state index contributed by atoms with van der Waals surface area (Å²) in [6.07, 6.45) is 0. The summed E-state index contributed by atoms with van der Waals surface area (Å²) in [5.74, 6) is 0. The van der Waals surface area contributed by atoms with Crippen LogP contribution in [0.3, 0.4) is 0 Å². The van der Waals surface area contributed by atoms with Gasteiger partial charge in [0, 0.05) is 0 Å². The van der Waals surface area contributed by atoms with Gasteiger partial charge in [-0.25, -0.2) is 0 Å². The van der Waals surface area contributed by atoms with Crippen molar-refractivity contribution in [3.8, 4) is 0 Å². The molecule has 0 aromatic rings. The molecule has 0 nitrogen and oxygen atoms in total. The van der Waals surface area contributed by atoms with Crippen molar-refractivity contribution in [2.45, 2.75) is 0 Å². The van der Waals surface area contributed by atoms with Gasteiger partial charge in [0.2, 0.25) is 0 Å². The third-order valence-corrected chi connectivity index (χ3v) is 0. The average Bonchev–Trinajstić information content (AvgIpc) is 0. The van der Waals surface area contributed by atoms with E-state index in [9.17, 15) is 0 Å². The van der Waals surface area contributed by atoms with Crippen molar-refractivity contribution >= 4 is 54.6 Å². The third kappa shape index (κ3) is 33.4. The number of rotatable bonds is 0. The molecule has 5 heavy (non-hydrogen) atoms. The first-order chi connectivity index (χ1) is 0. The minimum atomic E-state index is 0. The summed E-state index contributed by atoms with van der Waals surface area (Å²) in [5, 5.41) is 0. The molecule has 0 aliphatic carbocycles. The van der Waals surface area contributed by atoms with Crippen LogP contribution in [0.2, 0.25) is 0 Å². The Kier molecular flexibility index (Phi) is 1140. The summed E-state index contributed by atoms with van der Waals surface area (Å²) in [6.45, 7) is 0. The van der Waals surface area contributed by atoms with Crippen LogP contribution in [0.1, 0.15) is 0 Å². The first-order valence-corrected chi connectivity index (χ1v) is 0. The fourth-order valence-corrected chi connectivity index (χ4v) is 0. The summed E-state index contributed by atoms with van der Waals surface area (Å²) in [5.41, 5.74) is 0. The lowest BCUT2D eigenvalue weighted by atomic mass is 19.0. The molecule has 0 heterocycles. The van der Waals surface area contributed by atoms with Gasteiger partial charge in [0.05, 0.1) is 0 Å². The monoisotopic (exact) mass is 158 g/mol. The highest BCUT2D eigenvalue weighted by molar-refractivity contribution is 5.86. The van der Waals surface area contributed by atoms with Crippen molar-refractivity contribution in [2.24, 2.45) is 0 Å². The van der Waals surface area contributed by atoms with Crippen LogP contribution in [-0.2, 0) is 0 Å². The van der Waals surface area contributed by atoms with Crippen LogP contribution in [0.15, 0.2) is 0 Å². The van der Waals surface area contributed by atoms with Crippen LogP contribution in [0, 0.1) is 0 Å². The highest BCUT2D eigenvalue weighted by Gasteiger charge is 0.187. The molecule has 38 valence electrons. The Morgan fingerprint density at radius 1 is 0.600 bits per heavy atom. The van der Waals surface area contributed by atoms with Gasteiger partial charge < -0.3 is 0 Å². The van der Waals surface area contributed by atoms with E-state index in [4.69, 9.17) is 0 Å². The van der Waals surface area contributed by atoms with Gasteiger partial charge in [-0.2, -0.15) is 0 Å². The van der Waals surface area contributed by atoms with Crippen molar-refractivity contribution in [3.05, 3.63) is 0 Å². The second kappa shape index (κ2) is 56.4. The molecule has 0 amide bonds. The summed E-state index contributed by atoms with van der Waals surface area (Å²) >= 11 is 0. The molecule has 5 heteroatoms. The molecule has 0 saturated heterocycles. The lowest BCUT2D eigenvalue weighted by molar-refractivity contribution is 1.11. The van der Waals surface area contributed by atoms with Gasteiger partial charge in [-0.15, -0.1) is 37.2 Å². The van der Waals surface area contributed by atoms with E-state index < -0.39 is 0 Å². The Bertz CT molecular complexity index is 6.85. The van der Waals surface area contributed by atoms with Gasteiger partial charge in [0.15, 0.2) is 17.4 Å². The maximum atomic E-state index is 0.